The largest absolute Gasteiger partial charge is 0.302 e. The van der Waals surface area contributed by atoms with Crippen LogP contribution in [0.5, 0.6) is 0 Å². The van der Waals surface area contributed by atoms with Crippen molar-refractivity contribution in [3.05, 3.63) is 71.1 Å². The molecule has 3 nitrogen and oxygen atoms in total. The van der Waals surface area contributed by atoms with Gasteiger partial charge in [0.15, 0.2) is 5.13 Å². The molecule has 0 spiro atoms. The molecule has 1 aliphatic carbocycles. The molecule has 0 aliphatic heterocycles. The lowest BCUT2D eigenvalue weighted by atomic mass is 10.1. The van der Waals surface area contributed by atoms with Crippen molar-refractivity contribution < 1.29 is 13.6 Å². The fraction of sp³-hybridized carbons (Fsp3) is 0.158. The third kappa shape index (κ3) is 3.44. The maximum atomic E-state index is 13.0. The van der Waals surface area contributed by atoms with Gasteiger partial charge in [-0.05, 0) is 54.3 Å². The molecule has 1 heterocycles. The molecule has 126 valence electrons. The van der Waals surface area contributed by atoms with Gasteiger partial charge >= 0.3 is 0 Å². The lowest BCUT2D eigenvalue weighted by Crippen LogP contribution is -2.14. The van der Waals surface area contributed by atoms with Crippen LogP contribution in [0.4, 0.5) is 13.9 Å². The number of rotatable bonds is 4. The summed E-state index contributed by atoms with van der Waals surface area (Å²) in [7, 11) is 0. The highest BCUT2D eigenvalue weighted by Crippen LogP contribution is 2.48. The second-order valence-electron chi connectivity index (χ2n) is 6.03. The van der Waals surface area contributed by atoms with Crippen LogP contribution in [0.25, 0.3) is 11.3 Å². The van der Waals surface area contributed by atoms with E-state index >= 15 is 0 Å². The Kier molecular flexibility index (Phi) is 4.05. The van der Waals surface area contributed by atoms with Crippen LogP contribution in [0.2, 0.25) is 0 Å². The summed E-state index contributed by atoms with van der Waals surface area (Å²) in [5, 5.41) is 5.19. The van der Waals surface area contributed by atoms with Crippen LogP contribution < -0.4 is 5.32 Å². The molecular weight excluding hydrogens is 342 g/mol. The van der Waals surface area contributed by atoms with Crippen molar-refractivity contribution in [2.24, 2.45) is 5.92 Å². The average molecular weight is 356 g/mol. The van der Waals surface area contributed by atoms with Gasteiger partial charge in [-0.1, -0.05) is 12.1 Å². The summed E-state index contributed by atoms with van der Waals surface area (Å²) in [6, 6.07) is 12.3. The molecule has 1 N–H and O–H groups in total. The molecule has 1 saturated carbocycles. The van der Waals surface area contributed by atoms with Crippen molar-refractivity contribution in [2.45, 2.75) is 12.3 Å². The Hall–Kier alpha value is -2.60. The van der Waals surface area contributed by atoms with Gasteiger partial charge in [0.1, 0.15) is 11.6 Å². The normalized spacial score (nSPS) is 18.8. The minimum absolute atomic E-state index is 0.0747. The number of anilines is 1. The molecule has 4 rings (SSSR count). The number of aromatic nitrogens is 1. The first-order valence-electron chi connectivity index (χ1n) is 7.88. The van der Waals surface area contributed by atoms with E-state index in [9.17, 15) is 13.6 Å². The molecule has 6 heteroatoms. The van der Waals surface area contributed by atoms with Gasteiger partial charge in [-0.15, -0.1) is 11.3 Å². The number of hydrogen-bond donors (Lipinski definition) is 1. The standard InChI is InChI=1S/C19H14F2N2OS/c20-13-5-1-11(2-6-13)15-9-16(15)18(24)23-19-22-17(10-25-19)12-3-7-14(21)8-4-12/h1-8,10,15-16H,9H2,(H,22,23,24)/t15-,16-/m0/s1. The van der Waals surface area contributed by atoms with E-state index in [1.165, 1.54) is 35.6 Å². The fourth-order valence-corrected chi connectivity index (χ4v) is 3.57. The van der Waals surface area contributed by atoms with Crippen molar-refractivity contribution in [1.29, 1.82) is 0 Å². The summed E-state index contributed by atoms with van der Waals surface area (Å²) >= 11 is 1.33. The highest BCUT2D eigenvalue weighted by atomic mass is 32.1. The number of nitrogens with zero attached hydrogens (tertiary/aromatic N) is 1. The first-order valence-corrected chi connectivity index (χ1v) is 8.76. The maximum absolute atomic E-state index is 13.0. The summed E-state index contributed by atoms with van der Waals surface area (Å²) in [6.45, 7) is 0. The van der Waals surface area contributed by atoms with E-state index in [1.54, 1.807) is 24.3 Å². The Morgan fingerprint density at radius 1 is 1.04 bits per heavy atom. The predicted molar refractivity (Wildman–Crippen MR) is 93.4 cm³/mol. The molecule has 0 bridgehead atoms. The lowest BCUT2D eigenvalue weighted by Gasteiger charge is -2.02. The lowest BCUT2D eigenvalue weighted by molar-refractivity contribution is -0.117. The van der Waals surface area contributed by atoms with Gasteiger partial charge in [0.05, 0.1) is 5.69 Å². The topological polar surface area (TPSA) is 42.0 Å². The van der Waals surface area contributed by atoms with E-state index in [4.69, 9.17) is 0 Å². The van der Waals surface area contributed by atoms with Crippen molar-refractivity contribution in [1.82, 2.24) is 4.98 Å². The molecule has 2 atom stereocenters. The molecule has 0 unspecified atom stereocenters. The summed E-state index contributed by atoms with van der Waals surface area (Å²) < 4.78 is 25.9. The van der Waals surface area contributed by atoms with Gasteiger partial charge in [-0.3, -0.25) is 4.79 Å². The van der Waals surface area contributed by atoms with Crippen LogP contribution in [-0.4, -0.2) is 10.9 Å². The van der Waals surface area contributed by atoms with Gasteiger partial charge in [-0.2, -0.15) is 0 Å². The third-order valence-electron chi connectivity index (χ3n) is 4.30. The van der Waals surface area contributed by atoms with E-state index in [2.05, 4.69) is 10.3 Å². The zero-order valence-electron chi connectivity index (χ0n) is 13.1. The highest BCUT2D eigenvalue weighted by Gasteiger charge is 2.44. The fourth-order valence-electron chi connectivity index (χ4n) is 2.85. The predicted octanol–water partition coefficient (Wildman–Crippen LogP) is 4.83. The Bertz CT molecular complexity index is 906. The second-order valence-corrected chi connectivity index (χ2v) is 6.89. The molecule has 0 radical (unpaired) electrons. The van der Waals surface area contributed by atoms with Crippen molar-refractivity contribution in [2.75, 3.05) is 5.32 Å². The average Bonchev–Trinajstić information content (AvgIpc) is 3.28. The second kappa shape index (κ2) is 6.37. The first-order chi connectivity index (χ1) is 12.1. The number of halogens is 2. The quantitative estimate of drug-likeness (QED) is 0.727. The van der Waals surface area contributed by atoms with Crippen molar-refractivity contribution >= 4 is 22.4 Å². The highest BCUT2D eigenvalue weighted by molar-refractivity contribution is 7.14. The van der Waals surface area contributed by atoms with E-state index in [0.717, 1.165) is 17.5 Å². The monoisotopic (exact) mass is 356 g/mol. The molecule has 1 aromatic heterocycles. The molecule has 0 saturated heterocycles. The number of hydrogen-bond acceptors (Lipinski definition) is 3. The summed E-state index contributed by atoms with van der Waals surface area (Å²) in [6.07, 6.45) is 0.758. The minimum atomic E-state index is -0.298. The molecular formula is C19H14F2N2OS. The molecule has 25 heavy (non-hydrogen) atoms. The van der Waals surface area contributed by atoms with Crippen molar-refractivity contribution in [3.8, 4) is 11.3 Å². The molecule has 3 aromatic rings. The Labute approximate surface area is 147 Å². The molecule has 1 aliphatic rings. The Morgan fingerprint density at radius 3 is 2.36 bits per heavy atom. The van der Waals surface area contributed by atoms with E-state index in [-0.39, 0.29) is 29.4 Å². The number of benzene rings is 2. The summed E-state index contributed by atoms with van der Waals surface area (Å²) in [5.41, 5.74) is 2.48. The van der Waals surface area contributed by atoms with Gasteiger partial charge in [-0.25, -0.2) is 13.8 Å². The van der Waals surface area contributed by atoms with Gasteiger partial charge < -0.3 is 5.32 Å². The maximum Gasteiger partial charge on any atom is 0.229 e. The SMILES string of the molecule is O=C(Nc1nc(-c2ccc(F)cc2)cs1)[C@H]1C[C@H]1c1ccc(F)cc1. The third-order valence-corrected chi connectivity index (χ3v) is 5.06. The van der Waals surface area contributed by atoms with E-state index in [1.807, 2.05) is 5.38 Å². The summed E-state index contributed by atoms with van der Waals surface area (Å²) in [4.78, 5) is 16.7. The van der Waals surface area contributed by atoms with E-state index in [0.29, 0.717) is 10.8 Å². The number of thiazole rings is 1. The Morgan fingerprint density at radius 2 is 1.68 bits per heavy atom. The Balaban J connectivity index is 1.40. The first kappa shape index (κ1) is 15.9. The number of carbonyl (C=O) groups is 1. The minimum Gasteiger partial charge on any atom is -0.302 e. The number of carbonyl (C=O) groups excluding carboxylic acids is 1. The van der Waals surface area contributed by atoms with Crippen LogP contribution >= 0.6 is 11.3 Å². The van der Waals surface area contributed by atoms with Crippen LogP contribution in [0.15, 0.2) is 53.9 Å². The van der Waals surface area contributed by atoms with Crippen molar-refractivity contribution in [3.63, 3.8) is 0 Å². The van der Waals surface area contributed by atoms with E-state index < -0.39 is 0 Å². The molecule has 1 amide bonds. The number of nitrogens with one attached hydrogen (secondary N) is 1. The van der Waals surface area contributed by atoms with Gasteiger partial charge in [0.2, 0.25) is 5.91 Å². The smallest absolute Gasteiger partial charge is 0.229 e. The zero-order chi connectivity index (χ0) is 17.4. The molecule has 2 aromatic carbocycles. The van der Waals surface area contributed by atoms with Crippen LogP contribution in [-0.2, 0) is 4.79 Å². The zero-order valence-corrected chi connectivity index (χ0v) is 13.9. The summed E-state index contributed by atoms with van der Waals surface area (Å²) in [5.74, 6) is -0.621. The molecule has 1 fully saturated rings. The number of amides is 1. The van der Waals surface area contributed by atoms with Crippen LogP contribution in [0.3, 0.4) is 0 Å². The van der Waals surface area contributed by atoms with Crippen LogP contribution in [0, 0.1) is 17.6 Å². The van der Waals surface area contributed by atoms with Gasteiger partial charge in [0, 0.05) is 16.9 Å². The van der Waals surface area contributed by atoms with Gasteiger partial charge in [0.25, 0.3) is 0 Å². The van der Waals surface area contributed by atoms with Crippen LogP contribution in [0.1, 0.15) is 17.9 Å².